The lowest BCUT2D eigenvalue weighted by Gasteiger charge is -2.54. The fraction of sp³-hybridized carbons (Fsp3) is 0.960. The predicted octanol–water partition coefficient (Wildman–Crippen LogP) is -0.587. The van der Waals surface area contributed by atoms with Gasteiger partial charge >= 0.3 is 0 Å². The summed E-state index contributed by atoms with van der Waals surface area (Å²) < 4.78 is 14.7. The number of hydrogen-bond acceptors (Lipinski definition) is 12. The Morgan fingerprint density at radius 2 is 1.45 bits per heavy atom. The molecule has 224 valence electrons. The molecule has 1 unspecified atom stereocenters. The zero-order valence-electron chi connectivity index (χ0n) is 22.2. The summed E-state index contributed by atoms with van der Waals surface area (Å²) in [6.07, 6.45) is -3.36. The molecule has 10 atom stereocenters. The third-order valence-electron chi connectivity index (χ3n) is 7.47. The summed E-state index contributed by atoms with van der Waals surface area (Å²) in [5.41, 5.74) is 0. The van der Waals surface area contributed by atoms with Crippen LogP contribution in [0.4, 0.5) is 0 Å². The summed E-state index contributed by atoms with van der Waals surface area (Å²) in [6, 6.07) is 0. The Hall–Kier alpha value is -0.290. The lowest BCUT2D eigenvalue weighted by Crippen LogP contribution is -2.78. The van der Waals surface area contributed by atoms with E-state index in [1.165, 1.54) is 32.7 Å². The molecule has 38 heavy (non-hydrogen) atoms. The van der Waals surface area contributed by atoms with Gasteiger partial charge in [0.1, 0.15) is 42.7 Å². The normalized spacial score (nSPS) is 39.8. The molecule has 2 aliphatic rings. The molecular weight excluding hydrogens is 570 g/mol. The average molecular weight is 617 g/mol. The minimum Gasteiger partial charge on any atom is -0.394 e. The van der Waals surface area contributed by atoms with Gasteiger partial charge in [-0.2, -0.15) is 0 Å². The second-order valence-electron chi connectivity index (χ2n) is 10.2. The van der Waals surface area contributed by atoms with Crippen LogP contribution >= 0.6 is 15.9 Å². The van der Waals surface area contributed by atoms with E-state index < -0.39 is 78.3 Å². The highest BCUT2D eigenvalue weighted by Crippen LogP contribution is 2.44. The SMILES string of the molecule is CCCCCCCCCCCC(=O)C1(O)O[C@H](CO)[C@@H](O[C@@H]2O[C@H](CO)[C@H](O)[C@H](O)[C@H]2O)[C@H](O)[C@@]1(Br)NC. The number of carbonyl (C=O) groups is 1. The van der Waals surface area contributed by atoms with Crippen molar-refractivity contribution in [3.05, 3.63) is 0 Å². The van der Waals surface area contributed by atoms with E-state index >= 15 is 0 Å². The molecule has 0 aliphatic carbocycles. The first-order valence-corrected chi connectivity index (χ1v) is 14.4. The van der Waals surface area contributed by atoms with Crippen molar-refractivity contribution in [1.29, 1.82) is 0 Å². The summed E-state index contributed by atoms with van der Waals surface area (Å²) in [6.45, 7) is 0.704. The van der Waals surface area contributed by atoms with Crippen LogP contribution in [0, 0.1) is 0 Å². The minimum atomic E-state index is -2.58. The van der Waals surface area contributed by atoms with Crippen LogP contribution in [0.15, 0.2) is 0 Å². The van der Waals surface area contributed by atoms with Crippen LogP contribution in [0.2, 0.25) is 0 Å². The molecule has 2 heterocycles. The Morgan fingerprint density at radius 1 is 0.895 bits per heavy atom. The van der Waals surface area contributed by atoms with Crippen molar-refractivity contribution in [3.63, 3.8) is 0 Å². The number of rotatable bonds is 16. The third-order valence-corrected chi connectivity index (χ3v) is 8.87. The van der Waals surface area contributed by atoms with Gasteiger partial charge in [0, 0.05) is 6.42 Å². The van der Waals surface area contributed by atoms with E-state index in [2.05, 4.69) is 28.2 Å². The predicted molar refractivity (Wildman–Crippen MR) is 139 cm³/mol. The molecule has 2 fully saturated rings. The number of Topliss-reactive ketones (excluding diaryl/α,β-unsaturated/α-hetero) is 1. The maximum Gasteiger partial charge on any atom is 0.258 e. The quantitative estimate of drug-likeness (QED) is 0.0624. The molecule has 0 amide bonds. The van der Waals surface area contributed by atoms with E-state index in [9.17, 15) is 40.5 Å². The van der Waals surface area contributed by atoms with E-state index in [1.807, 2.05) is 0 Å². The fourth-order valence-corrected chi connectivity index (χ4v) is 5.57. The number of nitrogens with one attached hydrogen (secondary N) is 1. The van der Waals surface area contributed by atoms with E-state index in [4.69, 9.17) is 14.2 Å². The fourth-order valence-electron chi connectivity index (χ4n) is 4.99. The van der Waals surface area contributed by atoms with Crippen molar-refractivity contribution in [2.24, 2.45) is 0 Å². The zero-order valence-corrected chi connectivity index (χ0v) is 23.8. The smallest absolute Gasteiger partial charge is 0.258 e. The number of aliphatic hydroxyl groups excluding tert-OH is 6. The zero-order chi connectivity index (χ0) is 28.5. The molecule has 0 spiro atoms. The highest BCUT2D eigenvalue weighted by molar-refractivity contribution is 9.10. The average Bonchev–Trinajstić information content (AvgIpc) is 2.91. The van der Waals surface area contributed by atoms with Crippen LogP contribution in [0.5, 0.6) is 0 Å². The van der Waals surface area contributed by atoms with E-state index in [1.54, 1.807) is 0 Å². The third kappa shape index (κ3) is 7.51. The van der Waals surface area contributed by atoms with Gasteiger partial charge in [-0.3, -0.25) is 10.1 Å². The van der Waals surface area contributed by atoms with Crippen molar-refractivity contribution >= 4 is 21.7 Å². The summed E-state index contributed by atoms with van der Waals surface area (Å²) >= 11 is 3.22. The maximum atomic E-state index is 13.2. The lowest BCUT2D eigenvalue weighted by molar-refractivity contribution is -0.361. The van der Waals surface area contributed by atoms with E-state index in [-0.39, 0.29) is 6.42 Å². The van der Waals surface area contributed by atoms with Gasteiger partial charge in [0.15, 0.2) is 16.5 Å². The Kier molecular flexibility index (Phi) is 14.0. The van der Waals surface area contributed by atoms with Crippen LogP contribution in [0.1, 0.15) is 71.1 Å². The second kappa shape index (κ2) is 15.6. The molecule has 2 aliphatic heterocycles. The van der Waals surface area contributed by atoms with Gasteiger partial charge < -0.3 is 50.0 Å². The standard InChI is InChI=1S/C25H46BrNO11/c1-3-4-5-6-7-8-9-10-11-12-17(30)25(35)24(26,27-2)22(34)21(16(14-29)38-25)37-23-20(33)19(32)18(31)15(13-28)36-23/h15-16,18-23,27-29,31-35H,3-14H2,1-2H3/t15-,16-,18+,19+,20-,21-,22+,23+,24-,25?/m1/s1. The number of carbonyl (C=O) groups excluding carboxylic acids is 1. The van der Waals surface area contributed by atoms with Gasteiger partial charge in [0.25, 0.3) is 5.79 Å². The number of aliphatic hydroxyl groups is 7. The molecule has 2 rings (SSSR count). The first-order chi connectivity index (χ1) is 18.0. The van der Waals surface area contributed by atoms with Gasteiger partial charge in [0.2, 0.25) is 0 Å². The minimum absolute atomic E-state index is 0.0233. The molecule has 8 N–H and O–H groups in total. The van der Waals surface area contributed by atoms with Crippen molar-refractivity contribution in [3.8, 4) is 0 Å². The number of hydrogen-bond donors (Lipinski definition) is 8. The highest BCUT2D eigenvalue weighted by atomic mass is 79.9. The maximum absolute atomic E-state index is 13.2. The van der Waals surface area contributed by atoms with Crippen molar-refractivity contribution in [2.45, 2.75) is 130 Å². The van der Waals surface area contributed by atoms with E-state index in [0.29, 0.717) is 6.42 Å². The molecule has 0 aromatic rings. The van der Waals surface area contributed by atoms with Crippen LogP contribution < -0.4 is 5.32 Å². The Balaban J connectivity index is 2.05. The Morgan fingerprint density at radius 3 is 1.97 bits per heavy atom. The largest absolute Gasteiger partial charge is 0.394 e. The van der Waals surface area contributed by atoms with Crippen molar-refractivity contribution in [1.82, 2.24) is 5.32 Å². The van der Waals surface area contributed by atoms with Crippen LogP contribution in [-0.2, 0) is 19.0 Å². The first kappa shape index (κ1) is 33.9. The molecule has 0 radical (unpaired) electrons. The molecule has 2 saturated heterocycles. The second-order valence-corrected chi connectivity index (χ2v) is 11.4. The van der Waals surface area contributed by atoms with Crippen LogP contribution in [0.25, 0.3) is 0 Å². The molecule has 0 bridgehead atoms. The molecular formula is C25H46BrNO11. The topological polar surface area (TPSA) is 198 Å². The summed E-state index contributed by atoms with van der Waals surface area (Å²) in [7, 11) is 1.38. The number of likely N-dealkylation sites (N-methyl/N-ethyl adjacent to an activating group) is 1. The molecule has 0 saturated carbocycles. The van der Waals surface area contributed by atoms with E-state index in [0.717, 1.165) is 25.7 Å². The van der Waals surface area contributed by atoms with Gasteiger partial charge in [0.05, 0.1) is 13.2 Å². The number of halogens is 1. The van der Waals surface area contributed by atoms with Gasteiger partial charge in [-0.05, 0) is 13.5 Å². The highest BCUT2D eigenvalue weighted by Gasteiger charge is 2.66. The molecule has 12 nitrogen and oxygen atoms in total. The summed E-state index contributed by atoms with van der Waals surface area (Å²) in [5.74, 6) is -3.28. The van der Waals surface area contributed by atoms with Gasteiger partial charge in [-0.25, -0.2) is 0 Å². The number of ketones is 1. The van der Waals surface area contributed by atoms with Gasteiger partial charge in [-0.1, -0.05) is 74.2 Å². The Labute approximate surface area is 232 Å². The van der Waals surface area contributed by atoms with Crippen molar-refractivity contribution in [2.75, 3.05) is 20.3 Å². The number of alkyl halides is 1. The van der Waals surface area contributed by atoms with Crippen molar-refractivity contribution < 1.29 is 54.8 Å². The monoisotopic (exact) mass is 615 g/mol. The van der Waals surface area contributed by atoms with Gasteiger partial charge in [-0.15, -0.1) is 0 Å². The summed E-state index contributed by atoms with van der Waals surface area (Å²) in [4.78, 5) is 13.2. The summed E-state index contributed by atoms with van der Waals surface area (Å²) in [5, 5.41) is 75.1. The number of ether oxygens (including phenoxy) is 3. The first-order valence-electron chi connectivity index (χ1n) is 13.6. The van der Waals surface area contributed by atoms with Crippen LogP contribution in [-0.4, -0.2) is 121 Å². The Bertz CT molecular complexity index is 719. The number of unbranched alkanes of at least 4 members (excludes halogenated alkanes) is 8. The molecule has 13 heteroatoms. The molecule has 0 aromatic heterocycles. The lowest BCUT2D eigenvalue weighted by atomic mass is 9.86. The van der Waals surface area contributed by atoms with Crippen LogP contribution in [0.3, 0.4) is 0 Å². The molecule has 0 aromatic carbocycles.